The Labute approximate surface area is 130 Å². The number of rotatable bonds is 6. The molecule has 1 atom stereocenters. The smallest absolute Gasteiger partial charge is 0.142 e. The largest absolute Gasteiger partial charge is 0.486 e. The van der Waals surface area contributed by atoms with Crippen molar-refractivity contribution in [2.24, 2.45) is 0 Å². The highest BCUT2D eigenvalue weighted by atomic mass is 16.5. The van der Waals surface area contributed by atoms with Crippen LogP contribution in [0.5, 0.6) is 5.75 Å². The summed E-state index contributed by atoms with van der Waals surface area (Å²) in [6.07, 6.45) is 1.09. The molecule has 2 aromatic rings. The van der Waals surface area contributed by atoms with E-state index in [-0.39, 0.29) is 12.7 Å². The van der Waals surface area contributed by atoms with Gasteiger partial charge in [0.15, 0.2) is 0 Å². The highest BCUT2D eigenvalue weighted by Crippen LogP contribution is 2.27. The Bertz CT molecular complexity index is 592. The number of hydrogen-bond acceptors (Lipinski definition) is 4. The second-order valence-corrected chi connectivity index (χ2v) is 5.43. The van der Waals surface area contributed by atoms with Crippen LogP contribution in [0.1, 0.15) is 17.5 Å². The Kier molecular flexibility index (Phi) is 4.93. The van der Waals surface area contributed by atoms with E-state index in [1.54, 1.807) is 0 Å². The van der Waals surface area contributed by atoms with Gasteiger partial charge in [-0.2, -0.15) is 0 Å². The van der Waals surface area contributed by atoms with Crippen molar-refractivity contribution in [1.82, 2.24) is 0 Å². The molecule has 0 spiro atoms. The molecule has 2 N–H and O–H groups in total. The average Bonchev–Trinajstić information content (AvgIpc) is 3.07. The maximum Gasteiger partial charge on any atom is 0.142 e. The summed E-state index contributed by atoms with van der Waals surface area (Å²) in [6, 6.07) is 15.9. The number of aliphatic hydroxyl groups excluding tert-OH is 1. The van der Waals surface area contributed by atoms with Gasteiger partial charge in [-0.15, -0.1) is 0 Å². The Morgan fingerprint density at radius 2 is 1.86 bits per heavy atom. The van der Waals surface area contributed by atoms with Crippen LogP contribution < -0.4 is 10.1 Å². The van der Waals surface area contributed by atoms with Crippen LogP contribution in [0, 0.1) is 0 Å². The third-order valence-corrected chi connectivity index (χ3v) is 3.76. The van der Waals surface area contributed by atoms with E-state index in [2.05, 4.69) is 5.32 Å². The molecule has 1 saturated heterocycles. The van der Waals surface area contributed by atoms with Crippen molar-refractivity contribution in [1.29, 1.82) is 0 Å². The molecule has 1 unspecified atom stereocenters. The van der Waals surface area contributed by atoms with Crippen molar-refractivity contribution in [3.63, 3.8) is 0 Å². The van der Waals surface area contributed by atoms with Gasteiger partial charge in [-0.05, 0) is 23.3 Å². The van der Waals surface area contributed by atoms with Crippen LogP contribution in [0.4, 0.5) is 5.69 Å². The van der Waals surface area contributed by atoms with E-state index in [1.807, 2.05) is 48.5 Å². The summed E-state index contributed by atoms with van der Waals surface area (Å²) in [5, 5.41) is 12.5. The lowest BCUT2D eigenvalue weighted by atomic mass is 10.1. The molecule has 0 bridgehead atoms. The van der Waals surface area contributed by atoms with Gasteiger partial charge >= 0.3 is 0 Å². The molecule has 0 radical (unpaired) electrons. The predicted molar refractivity (Wildman–Crippen MR) is 86.0 cm³/mol. The molecular weight excluding hydrogens is 278 g/mol. The van der Waals surface area contributed by atoms with E-state index >= 15 is 0 Å². The minimum Gasteiger partial charge on any atom is -0.486 e. The van der Waals surface area contributed by atoms with Crippen LogP contribution in [0.3, 0.4) is 0 Å². The lowest BCUT2D eigenvalue weighted by molar-refractivity contribution is 0.142. The van der Waals surface area contributed by atoms with Gasteiger partial charge in [0.1, 0.15) is 11.9 Å². The number of anilines is 1. The molecule has 0 aromatic heterocycles. The molecule has 0 amide bonds. The summed E-state index contributed by atoms with van der Waals surface area (Å²) in [5.74, 6) is 0.866. The van der Waals surface area contributed by atoms with Crippen molar-refractivity contribution < 1.29 is 14.6 Å². The Hall–Kier alpha value is -2.04. The van der Waals surface area contributed by atoms with Crippen molar-refractivity contribution in [3.8, 4) is 5.75 Å². The van der Waals surface area contributed by atoms with Crippen LogP contribution in [0.15, 0.2) is 48.5 Å². The Balaban J connectivity index is 1.63. The molecule has 1 aliphatic heterocycles. The van der Waals surface area contributed by atoms with Crippen LogP contribution >= 0.6 is 0 Å². The molecule has 0 saturated carbocycles. The first-order valence-electron chi connectivity index (χ1n) is 7.61. The van der Waals surface area contributed by atoms with Crippen LogP contribution in [-0.2, 0) is 17.9 Å². The zero-order valence-electron chi connectivity index (χ0n) is 12.5. The van der Waals surface area contributed by atoms with E-state index in [4.69, 9.17) is 14.6 Å². The SMILES string of the molecule is OCc1ccc(CNc2ccccc2OC2CCOC2)cc1. The lowest BCUT2D eigenvalue weighted by Crippen LogP contribution is -2.16. The number of para-hydroxylation sites is 2. The normalized spacial score (nSPS) is 17.4. The van der Waals surface area contributed by atoms with E-state index in [0.717, 1.165) is 35.6 Å². The van der Waals surface area contributed by atoms with Gasteiger partial charge in [-0.1, -0.05) is 36.4 Å². The Morgan fingerprint density at radius 3 is 2.59 bits per heavy atom. The molecule has 0 aliphatic carbocycles. The second-order valence-electron chi connectivity index (χ2n) is 5.43. The fourth-order valence-corrected chi connectivity index (χ4v) is 2.46. The summed E-state index contributed by atoms with van der Waals surface area (Å²) in [5.41, 5.74) is 3.07. The molecule has 22 heavy (non-hydrogen) atoms. The van der Waals surface area contributed by atoms with Crippen LogP contribution in [-0.4, -0.2) is 24.4 Å². The first kappa shape index (κ1) is 14.9. The fraction of sp³-hybridized carbons (Fsp3) is 0.333. The van der Waals surface area contributed by atoms with Gasteiger partial charge in [0, 0.05) is 13.0 Å². The van der Waals surface area contributed by atoms with Gasteiger partial charge in [-0.25, -0.2) is 0 Å². The summed E-state index contributed by atoms with van der Waals surface area (Å²) < 4.78 is 11.4. The molecule has 116 valence electrons. The number of nitrogens with one attached hydrogen (secondary N) is 1. The van der Waals surface area contributed by atoms with E-state index in [9.17, 15) is 0 Å². The third kappa shape index (κ3) is 3.78. The van der Waals surface area contributed by atoms with Gasteiger partial charge in [0.25, 0.3) is 0 Å². The van der Waals surface area contributed by atoms with Crippen molar-refractivity contribution >= 4 is 5.69 Å². The molecule has 4 nitrogen and oxygen atoms in total. The van der Waals surface area contributed by atoms with E-state index < -0.39 is 0 Å². The summed E-state index contributed by atoms with van der Waals surface area (Å²) in [7, 11) is 0. The maximum atomic E-state index is 9.07. The van der Waals surface area contributed by atoms with E-state index in [0.29, 0.717) is 13.2 Å². The summed E-state index contributed by atoms with van der Waals surface area (Å²) >= 11 is 0. The summed E-state index contributed by atoms with van der Waals surface area (Å²) in [4.78, 5) is 0. The molecule has 1 aliphatic rings. The maximum absolute atomic E-state index is 9.07. The second kappa shape index (κ2) is 7.29. The standard InChI is InChI=1S/C18H21NO3/c20-12-15-7-5-14(6-8-15)11-19-17-3-1-2-4-18(17)22-16-9-10-21-13-16/h1-8,16,19-20H,9-13H2. The zero-order chi connectivity index (χ0) is 15.2. The molecular formula is C18H21NO3. The third-order valence-electron chi connectivity index (χ3n) is 3.76. The predicted octanol–water partition coefficient (Wildman–Crippen LogP) is 2.96. The Morgan fingerprint density at radius 1 is 1.09 bits per heavy atom. The number of benzene rings is 2. The topological polar surface area (TPSA) is 50.7 Å². The monoisotopic (exact) mass is 299 g/mol. The molecule has 1 fully saturated rings. The van der Waals surface area contributed by atoms with Gasteiger partial charge in [0.2, 0.25) is 0 Å². The van der Waals surface area contributed by atoms with Gasteiger partial charge in [-0.3, -0.25) is 0 Å². The van der Waals surface area contributed by atoms with E-state index in [1.165, 1.54) is 0 Å². The highest BCUT2D eigenvalue weighted by Gasteiger charge is 2.18. The molecule has 4 heteroatoms. The molecule has 1 heterocycles. The number of hydrogen-bond donors (Lipinski definition) is 2. The number of aliphatic hydroxyl groups is 1. The van der Waals surface area contributed by atoms with Gasteiger partial charge in [0.05, 0.1) is 25.5 Å². The first-order valence-corrected chi connectivity index (χ1v) is 7.61. The number of ether oxygens (including phenoxy) is 2. The van der Waals surface area contributed by atoms with Crippen molar-refractivity contribution in [3.05, 3.63) is 59.7 Å². The van der Waals surface area contributed by atoms with Crippen molar-refractivity contribution in [2.75, 3.05) is 18.5 Å². The highest BCUT2D eigenvalue weighted by molar-refractivity contribution is 5.56. The average molecular weight is 299 g/mol. The summed E-state index contributed by atoms with van der Waals surface area (Å²) in [6.45, 7) is 2.23. The minimum atomic E-state index is 0.0772. The van der Waals surface area contributed by atoms with Gasteiger partial charge < -0.3 is 19.9 Å². The van der Waals surface area contributed by atoms with Crippen LogP contribution in [0.2, 0.25) is 0 Å². The lowest BCUT2D eigenvalue weighted by Gasteiger charge is -2.16. The molecule has 2 aromatic carbocycles. The zero-order valence-corrected chi connectivity index (χ0v) is 12.5. The van der Waals surface area contributed by atoms with Crippen LogP contribution in [0.25, 0.3) is 0 Å². The minimum absolute atomic E-state index is 0.0772. The van der Waals surface area contributed by atoms with Crippen molar-refractivity contribution in [2.45, 2.75) is 25.7 Å². The quantitative estimate of drug-likeness (QED) is 0.861. The fourth-order valence-electron chi connectivity index (χ4n) is 2.46. The molecule has 3 rings (SSSR count). The first-order chi connectivity index (χ1) is 10.8.